The molecule has 0 N–H and O–H groups in total. The van der Waals surface area contributed by atoms with Gasteiger partial charge in [0.25, 0.3) is 5.91 Å². The second kappa shape index (κ2) is 9.61. The van der Waals surface area contributed by atoms with Crippen LogP contribution in [0.3, 0.4) is 0 Å². The van der Waals surface area contributed by atoms with Crippen molar-refractivity contribution >= 4 is 18.7 Å². The van der Waals surface area contributed by atoms with Gasteiger partial charge in [0.2, 0.25) is 5.82 Å². The van der Waals surface area contributed by atoms with Crippen LogP contribution in [0, 0.1) is 5.82 Å². The van der Waals surface area contributed by atoms with E-state index in [-0.39, 0.29) is 12.2 Å². The molecule has 3 atom stereocenters. The summed E-state index contributed by atoms with van der Waals surface area (Å²) in [4.78, 5) is 37.8. The Morgan fingerprint density at radius 2 is 1.69 bits per heavy atom. The molecule has 1 aromatic heterocycles. The molecule has 1 aliphatic heterocycles. The number of benzene rings is 2. The predicted octanol–water partition coefficient (Wildman–Crippen LogP) is 4.56. The number of halogens is 4. The SMILES string of the molecule is C=N[C@H](C(=O)N1C(=O)OC[C@H]1c1ccccc1)[C@@H](c1ccc(F)cc1)c1cnc(C(F)(F)F)nc1. The first-order valence-electron chi connectivity index (χ1n) is 10.4. The van der Waals surface area contributed by atoms with Crippen LogP contribution in [0.4, 0.5) is 22.4 Å². The van der Waals surface area contributed by atoms with E-state index in [9.17, 15) is 27.2 Å². The maximum Gasteiger partial charge on any atom is 0.451 e. The molecule has 2 aromatic carbocycles. The fraction of sp³-hybridized carbons (Fsp3) is 0.208. The standard InChI is InChI=1S/C24H18F4N4O3/c1-29-20(21(33)32-18(13-35-23(32)34)14-5-3-2-4-6-14)19(15-7-9-17(25)10-8-15)16-11-30-22(31-12-16)24(26,27)28/h2-12,18-20H,1,13H2/t18-,19-,20-/m0/s1. The molecule has 4 rings (SSSR count). The number of rotatable bonds is 6. The number of cyclic esters (lactones) is 1. The van der Waals surface area contributed by atoms with Gasteiger partial charge in [-0.3, -0.25) is 9.79 Å². The summed E-state index contributed by atoms with van der Waals surface area (Å²) >= 11 is 0. The zero-order valence-corrected chi connectivity index (χ0v) is 18.0. The first kappa shape index (κ1) is 24.0. The number of hydrogen-bond acceptors (Lipinski definition) is 6. The van der Waals surface area contributed by atoms with E-state index < -0.39 is 47.8 Å². The van der Waals surface area contributed by atoms with Crippen LogP contribution in [-0.4, -0.2) is 46.2 Å². The molecule has 1 fully saturated rings. The lowest BCUT2D eigenvalue weighted by Crippen LogP contribution is -2.43. The second-order valence-corrected chi connectivity index (χ2v) is 7.71. The number of carbonyl (C=O) groups is 2. The quantitative estimate of drug-likeness (QED) is 0.377. The van der Waals surface area contributed by atoms with Gasteiger partial charge in [-0.15, -0.1) is 0 Å². The average molecular weight is 486 g/mol. The molecule has 1 saturated heterocycles. The van der Waals surface area contributed by atoms with E-state index in [2.05, 4.69) is 21.7 Å². The minimum atomic E-state index is -4.77. The number of hydrogen-bond donors (Lipinski definition) is 0. The van der Waals surface area contributed by atoms with Gasteiger partial charge in [0.15, 0.2) is 0 Å². The van der Waals surface area contributed by atoms with Gasteiger partial charge < -0.3 is 4.74 Å². The minimum Gasteiger partial charge on any atom is -0.446 e. The fourth-order valence-electron chi connectivity index (χ4n) is 3.93. The van der Waals surface area contributed by atoms with Gasteiger partial charge in [-0.05, 0) is 35.5 Å². The van der Waals surface area contributed by atoms with Crippen LogP contribution >= 0.6 is 0 Å². The summed E-state index contributed by atoms with van der Waals surface area (Å²) in [5, 5.41) is 0. The second-order valence-electron chi connectivity index (χ2n) is 7.71. The summed E-state index contributed by atoms with van der Waals surface area (Å²) in [6.45, 7) is 3.40. The number of aromatic nitrogens is 2. The van der Waals surface area contributed by atoms with Gasteiger partial charge in [0.1, 0.15) is 24.5 Å². The highest BCUT2D eigenvalue weighted by molar-refractivity contribution is 5.97. The number of carbonyl (C=O) groups excluding carboxylic acids is 2. The van der Waals surface area contributed by atoms with Gasteiger partial charge in [0.05, 0.1) is 0 Å². The van der Waals surface area contributed by atoms with Crippen LogP contribution in [0.1, 0.15) is 34.5 Å². The molecule has 2 amide bonds. The van der Waals surface area contributed by atoms with Crippen LogP contribution in [-0.2, 0) is 15.7 Å². The molecular formula is C24H18F4N4O3. The van der Waals surface area contributed by atoms with Gasteiger partial charge in [-0.25, -0.2) is 24.1 Å². The van der Waals surface area contributed by atoms with E-state index in [4.69, 9.17) is 4.74 Å². The van der Waals surface area contributed by atoms with Crippen molar-refractivity contribution < 1.29 is 31.9 Å². The lowest BCUT2D eigenvalue weighted by atomic mass is 9.85. The first-order chi connectivity index (χ1) is 16.7. The Morgan fingerprint density at radius 1 is 1.06 bits per heavy atom. The molecule has 0 unspecified atom stereocenters. The number of imide groups is 1. The Hall–Kier alpha value is -4.15. The molecule has 0 spiro atoms. The van der Waals surface area contributed by atoms with Crippen molar-refractivity contribution in [2.45, 2.75) is 24.2 Å². The topological polar surface area (TPSA) is 84.8 Å². The summed E-state index contributed by atoms with van der Waals surface area (Å²) in [5.74, 6) is -3.77. The number of alkyl halides is 3. The van der Waals surface area contributed by atoms with Crippen molar-refractivity contribution in [2.24, 2.45) is 4.99 Å². The Kier molecular flexibility index (Phi) is 6.59. The summed E-state index contributed by atoms with van der Waals surface area (Å²) < 4.78 is 57.7. The van der Waals surface area contributed by atoms with Crippen molar-refractivity contribution in [3.63, 3.8) is 0 Å². The maximum absolute atomic E-state index is 13.6. The van der Waals surface area contributed by atoms with Gasteiger partial charge in [-0.2, -0.15) is 13.2 Å². The summed E-state index contributed by atoms with van der Waals surface area (Å²) in [5.41, 5.74) is 1.08. The third kappa shape index (κ3) is 4.88. The zero-order valence-electron chi connectivity index (χ0n) is 18.0. The third-order valence-electron chi connectivity index (χ3n) is 5.57. The minimum absolute atomic E-state index is 0.0803. The van der Waals surface area contributed by atoms with Gasteiger partial charge in [-0.1, -0.05) is 42.5 Å². The monoisotopic (exact) mass is 486 g/mol. The Balaban J connectivity index is 1.76. The van der Waals surface area contributed by atoms with Crippen molar-refractivity contribution in [3.8, 4) is 0 Å². The zero-order chi connectivity index (χ0) is 25.2. The van der Waals surface area contributed by atoms with E-state index >= 15 is 0 Å². The van der Waals surface area contributed by atoms with Crippen LogP contribution in [0.5, 0.6) is 0 Å². The Labute approximate surface area is 197 Å². The predicted molar refractivity (Wildman–Crippen MR) is 116 cm³/mol. The third-order valence-corrected chi connectivity index (χ3v) is 5.57. The summed E-state index contributed by atoms with van der Waals surface area (Å²) in [6.07, 6.45) is -3.81. The highest BCUT2D eigenvalue weighted by atomic mass is 19.4. The molecule has 0 saturated carbocycles. The molecule has 11 heteroatoms. The van der Waals surface area contributed by atoms with E-state index in [0.717, 1.165) is 29.4 Å². The molecular weight excluding hydrogens is 468 g/mol. The van der Waals surface area contributed by atoms with Crippen molar-refractivity contribution in [1.82, 2.24) is 14.9 Å². The van der Waals surface area contributed by atoms with E-state index in [0.29, 0.717) is 11.1 Å². The van der Waals surface area contributed by atoms with Gasteiger partial charge in [0, 0.05) is 18.3 Å². The Morgan fingerprint density at radius 3 is 2.26 bits per heavy atom. The van der Waals surface area contributed by atoms with Crippen LogP contribution in [0.15, 0.2) is 72.0 Å². The normalized spacial score (nSPS) is 17.5. The molecule has 0 radical (unpaired) electrons. The average Bonchev–Trinajstić information content (AvgIpc) is 3.24. The molecule has 3 aromatic rings. The van der Waals surface area contributed by atoms with E-state index in [1.807, 2.05) is 0 Å². The largest absolute Gasteiger partial charge is 0.451 e. The van der Waals surface area contributed by atoms with Gasteiger partial charge >= 0.3 is 12.3 Å². The number of amides is 2. The van der Waals surface area contributed by atoms with Crippen molar-refractivity contribution in [1.29, 1.82) is 0 Å². The fourth-order valence-corrected chi connectivity index (χ4v) is 3.93. The maximum atomic E-state index is 13.6. The van der Waals surface area contributed by atoms with Crippen LogP contribution in [0.25, 0.3) is 0 Å². The van der Waals surface area contributed by atoms with E-state index in [1.54, 1.807) is 30.3 Å². The molecule has 35 heavy (non-hydrogen) atoms. The van der Waals surface area contributed by atoms with Crippen LogP contribution < -0.4 is 0 Å². The number of ether oxygens (including phenoxy) is 1. The Bertz CT molecular complexity index is 1220. The summed E-state index contributed by atoms with van der Waals surface area (Å²) in [7, 11) is 0. The lowest BCUT2D eigenvalue weighted by Gasteiger charge is -2.28. The summed E-state index contributed by atoms with van der Waals surface area (Å²) in [6, 6.07) is 11.6. The molecule has 0 aliphatic carbocycles. The number of aliphatic imine (C=N–C) groups is 1. The van der Waals surface area contributed by atoms with E-state index in [1.165, 1.54) is 12.1 Å². The molecule has 7 nitrogen and oxygen atoms in total. The molecule has 1 aliphatic rings. The lowest BCUT2D eigenvalue weighted by molar-refractivity contribution is -0.145. The van der Waals surface area contributed by atoms with Crippen molar-refractivity contribution in [2.75, 3.05) is 6.61 Å². The van der Waals surface area contributed by atoms with Crippen LogP contribution in [0.2, 0.25) is 0 Å². The highest BCUT2D eigenvalue weighted by Crippen LogP contribution is 2.35. The number of nitrogens with zero attached hydrogens (tertiary/aromatic N) is 4. The highest BCUT2D eigenvalue weighted by Gasteiger charge is 2.44. The van der Waals surface area contributed by atoms with Crippen molar-refractivity contribution in [3.05, 3.63) is 95.3 Å². The molecule has 180 valence electrons. The smallest absolute Gasteiger partial charge is 0.446 e. The first-order valence-corrected chi connectivity index (χ1v) is 10.4. The molecule has 0 bridgehead atoms. The molecule has 2 heterocycles.